The molecule has 40 heavy (non-hydrogen) atoms. The normalized spacial score (nSPS) is 24.3. The summed E-state index contributed by atoms with van der Waals surface area (Å²) in [4.78, 5) is 67.8. The molecule has 0 spiro atoms. The van der Waals surface area contributed by atoms with Gasteiger partial charge in [-0.3, -0.25) is 19.3 Å². The van der Waals surface area contributed by atoms with E-state index in [-0.39, 0.29) is 22.9 Å². The molecule has 3 aliphatic heterocycles. The lowest BCUT2D eigenvalue weighted by molar-refractivity contribution is -0.137. The van der Waals surface area contributed by atoms with Gasteiger partial charge in [0.2, 0.25) is 11.8 Å². The van der Waals surface area contributed by atoms with Crippen molar-refractivity contribution in [2.24, 2.45) is 5.92 Å². The van der Waals surface area contributed by atoms with Crippen LogP contribution in [0.2, 0.25) is 0 Å². The summed E-state index contributed by atoms with van der Waals surface area (Å²) >= 11 is 1.17. The van der Waals surface area contributed by atoms with Gasteiger partial charge in [0, 0.05) is 25.0 Å². The van der Waals surface area contributed by atoms with E-state index in [0.717, 1.165) is 6.42 Å². The molecule has 1 N–H and O–H groups in total. The molecule has 5 amide bonds. The summed E-state index contributed by atoms with van der Waals surface area (Å²) in [6, 6.07) is 9.54. The Morgan fingerprint density at radius 2 is 1.82 bits per heavy atom. The second kappa shape index (κ2) is 10.3. The number of benzene rings is 1. The number of carbonyl (C=O) groups is 4. The monoisotopic (exact) mass is 560 g/mol. The average molecular weight is 561 g/mol. The lowest BCUT2D eigenvalue weighted by Gasteiger charge is -2.32. The number of nitrogens with zero attached hydrogens (tertiary/aromatic N) is 5. The molecule has 1 aromatic carbocycles. The van der Waals surface area contributed by atoms with Crippen LogP contribution in [0.5, 0.6) is 0 Å². The fourth-order valence-electron chi connectivity index (χ4n) is 6.29. The molecule has 0 saturated carbocycles. The molecule has 0 unspecified atom stereocenters. The second-order valence-corrected chi connectivity index (χ2v) is 12.1. The minimum Gasteiger partial charge on any atom is -0.335 e. The van der Waals surface area contributed by atoms with Crippen LogP contribution in [0.1, 0.15) is 61.3 Å². The van der Waals surface area contributed by atoms with Crippen LogP contribution in [0.4, 0.5) is 10.5 Å². The van der Waals surface area contributed by atoms with E-state index in [4.69, 9.17) is 0 Å². The minimum atomic E-state index is -0.601. The number of likely N-dealkylation sites (tertiary alicyclic amines) is 3. The first-order chi connectivity index (χ1) is 19.2. The molecule has 6 rings (SSSR count). The lowest BCUT2D eigenvalue weighted by atomic mass is 10.0. The SMILES string of the molecule is CC(C)c1ccc(NC(=O)N2CCC[C@H]2C(=O)N2CC[C@H]3[C@H]2[C@H](C)C(=O)N3C(=O)c2nc3cccnc3s2)cc1. The van der Waals surface area contributed by atoms with Gasteiger partial charge in [0.15, 0.2) is 5.01 Å². The van der Waals surface area contributed by atoms with Crippen molar-refractivity contribution in [2.45, 2.75) is 64.1 Å². The van der Waals surface area contributed by atoms with E-state index < -0.39 is 30.0 Å². The summed E-state index contributed by atoms with van der Waals surface area (Å²) in [5, 5.41) is 3.16. The van der Waals surface area contributed by atoms with E-state index in [1.807, 2.05) is 24.3 Å². The number of fused-ring (bicyclic) bond motifs is 2. The number of imide groups is 1. The predicted octanol–water partition coefficient (Wildman–Crippen LogP) is 4.10. The summed E-state index contributed by atoms with van der Waals surface area (Å²) in [7, 11) is 0. The average Bonchev–Trinajstić information content (AvgIpc) is 3.73. The summed E-state index contributed by atoms with van der Waals surface area (Å²) in [6.07, 6.45) is 3.44. The van der Waals surface area contributed by atoms with Crippen LogP contribution in [-0.2, 0) is 9.59 Å². The molecule has 3 fully saturated rings. The standard InChI is InChI=1S/C29H32N6O4S/c1-16(2)18-8-10-19(11-9-18)31-29(39)33-14-5-7-22(33)27(37)34-15-12-21-23(34)17(3)26(36)35(21)28(38)25-32-20-6-4-13-30-24(20)40-25/h4,6,8-11,13,16-17,21-23H,5,7,12,14-15H2,1-3H3,(H,31,39)/t17-,21-,22-,23+/m0/s1. The minimum absolute atomic E-state index is 0.159. The quantitative estimate of drug-likeness (QED) is 0.481. The third-order valence-electron chi connectivity index (χ3n) is 8.37. The molecule has 4 atom stereocenters. The first-order valence-corrected chi connectivity index (χ1v) is 14.6. The van der Waals surface area contributed by atoms with Gasteiger partial charge in [-0.1, -0.05) is 44.2 Å². The van der Waals surface area contributed by atoms with Crippen LogP contribution < -0.4 is 5.32 Å². The van der Waals surface area contributed by atoms with Crippen LogP contribution in [-0.4, -0.2) is 79.6 Å². The first-order valence-electron chi connectivity index (χ1n) is 13.8. The van der Waals surface area contributed by atoms with Gasteiger partial charge < -0.3 is 15.1 Å². The number of amides is 5. The third-order valence-corrected chi connectivity index (χ3v) is 9.34. The largest absolute Gasteiger partial charge is 0.335 e. The van der Waals surface area contributed by atoms with Crippen molar-refractivity contribution in [3.8, 4) is 0 Å². The maximum Gasteiger partial charge on any atom is 0.322 e. The Morgan fingerprint density at radius 3 is 2.55 bits per heavy atom. The molecular formula is C29H32N6O4S. The number of hydrogen-bond acceptors (Lipinski definition) is 7. The van der Waals surface area contributed by atoms with Gasteiger partial charge in [-0.25, -0.2) is 14.8 Å². The van der Waals surface area contributed by atoms with Crippen LogP contribution >= 0.6 is 11.3 Å². The number of thiazole rings is 1. The Labute approximate surface area is 236 Å². The van der Waals surface area contributed by atoms with Crippen LogP contribution in [0, 0.1) is 5.92 Å². The van der Waals surface area contributed by atoms with E-state index in [1.165, 1.54) is 21.8 Å². The topological polar surface area (TPSA) is 116 Å². The van der Waals surface area contributed by atoms with E-state index in [0.29, 0.717) is 47.9 Å². The highest BCUT2D eigenvalue weighted by atomic mass is 32.1. The molecule has 5 heterocycles. The third kappa shape index (κ3) is 4.42. The zero-order valence-electron chi connectivity index (χ0n) is 22.7. The Bertz CT molecular complexity index is 1450. The number of anilines is 1. The van der Waals surface area contributed by atoms with Gasteiger partial charge in [0.25, 0.3) is 5.91 Å². The smallest absolute Gasteiger partial charge is 0.322 e. The number of rotatable bonds is 4. The van der Waals surface area contributed by atoms with Gasteiger partial charge in [0.1, 0.15) is 16.4 Å². The number of urea groups is 1. The zero-order chi connectivity index (χ0) is 28.1. The van der Waals surface area contributed by atoms with Gasteiger partial charge in [0.05, 0.1) is 18.0 Å². The van der Waals surface area contributed by atoms with Crippen molar-refractivity contribution in [2.75, 3.05) is 18.4 Å². The van der Waals surface area contributed by atoms with E-state index in [1.54, 1.807) is 35.1 Å². The molecule has 208 valence electrons. The Hall–Kier alpha value is -3.86. The summed E-state index contributed by atoms with van der Waals surface area (Å²) in [5.74, 6) is -1.03. The molecule has 11 heteroatoms. The molecule has 0 aliphatic carbocycles. The first kappa shape index (κ1) is 26.4. The Balaban J connectivity index is 1.17. The fraction of sp³-hybridized carbons (Fsp3) is 0.448. The van der Waals surface area contributed by atoms with Gasteiger partial charge in [-0.15, -0.1) is 0 Å². The van der Waals surface area contributed by atoms with Crippen LogP contribution in [0.15, 0.2) is 42.6 Å². The Morgan fingerprint density at radius 1 is 1.05 bits per heavy atom. The highest BCUT2D eigenvalue weighted by Gasteiger charge is 2.56. The predicted molar refractivity (Wildman–Crippen MR) is 151 cm³/mol. The number of carbonyl (C=O) groups excluding carboxylic acids is 4. The summed E-state index contributed by atoms with van der Waals surface area (Å²) in [5.41, 5.74) is 2.48. The van der Waals surface area contributed by atoms with Crippen molar-refractivity contribution in [3.05, 3.63) is 53.2 Å². The van der Waals surface area contributed by atoms with Gasteiger partial charge >= 0.3 is 6.03 Å². The van der Waals surface area contributed by atoms with Crippen molar-refractivity contribution >= 4 is 51.1 Å². The summed E-state index contributed by atoms with van der Waals surface area (Å²) < 4.78 is 0. The van der Waals surface area contributed by atoms with Crippen molar-refractivity contribution < 1.29 is 19.2 Å². The zero-order valence-corrected chi connectivity index (χ0v) is 23.6. The number of hydrogen-bond donors (Lipinski definition) is 1. The molecule has 0 radical (unpaired) electrons. The second-order valence-electron chi connectivity index (χ2n) is 11.1. The van der Waals surface area contributed by atoms with Gasteiger partial charge in [-0.05, 0) is 55.0 Å². The molecule has 2 aromatic heterocycles. The molecular weight excluding hydrogens is 528 g/mol. The van der Waals surface area contributed by atoms with E-state index in [9.17, 15) is 19.2 Å². The van der Waals surface area contributed by atoms with Crippen LogP contribution in [0.25, 0.3) is 10.3 Å². The molecule has 3 aliphatic rings. The maximum atomic E-state index is 13.9. The lowest BCUT2D eigenvalue weighted by Crippen LogP contribution is -2.52. The fourth-order valence-corrected chi connectivity index (χ4v) is 7.13. The van der Waals surface area contributed by atoms with Crippen molar-refractivity contribution in [3.63, 3.8) is 0 Å². The molecule has 0 bridgehead atoms. The Kier molecular flexibility index (Phi) is 6.77. The highest BCUT2D eigenvalue weighted by Crippen LogP contribution is 2.39. The van der Waals surface area contributed by atoms with Crippen molar-refractivity contribution in [1.29, 1.82) is 0 Å². The van der Waals surface area contributed by atoms with E-state index in [2.05, 4.69) is 29.1 Å². The number of aromatic nitrogens is 2. The van der Waals surface area contributed by atoms with Gasteiger partial charge in [-0.2, -0.15) is 0 Å². The van der Waals surface area contributed by atoms with E-state index >= 15 is 0 Å². The highest BCUT2D eigenvalue weighted by molar-refractivity contribution is 7.19. The maximum absolute atomic E-state index is 13.9. The molecule has 3 aromatic rings. The summed E-state index contributed by atoms with van der Waals surface area (Å²) in [6.45, 7) is 6.92. The number of pyridine rings is 1. The molecule has 3 saturated heterocycles. The number of nitrogens with one attached hydrogen (secondary N) is 1. The molecule has 10 nitrogen and oxygen atoms in total. The van der Waals surface area contributed by atoms with Crippen molar-refractivity contribution in [1.82, 2.24) is 24.7 Å². The van der Waals surface area contributed by atoms with Crippen LogP contribution in [0.3, 0.4) is 0 Å².